The van der Waals surface area contributed by atoms with E-state index < -0.39 is 7.14 Å². The summed E-state index contributed by atoms with van der Waals surface area (Å²) in [7, 11) is -3.20. The highest BCUT2D eigenvalue weighted by Gasteiger charge is 2.30. The molecule has 0 unspecified atom stereocenters. The highest BCUT2D eigenvalue weighted by atomic mass is 31.2. The number of pyridine rings is 1. The molecular weight excluding hydrogens is 640 g/mol. The fraction of sp³-hybridized carbons (Fsp3) is 0. The zero-order chi connectivity index (χ0) is 34.2. The Kier molecular flexibility index (Phi) is 7.76. The lowest BCUT2D eigenvalue weighted by molar-refractivity contribution is 0.592. The summed E-state index contributed by atoms with van der Waals surface area (Å²) in [5.74, 6) is 0. The molecule has 242 valence electrons. The molecule has 9 rings (SSSR count). The van der Waals surface area contributed by atoms with Crippen LogP contribution in [0, 0.1) is 0 Å². The maximum atomic E-state index is 15.4. The van der Waals surface area contributed by atoms with Crippen LogP contribution in [0.1, 0.15) is 0 Å². The van der Waals surface area contributed by atoms with E-state index in [4.69, 9.17) is 4.98 Å². The molecule has 3 nitrogen and oxygen atoms in total. The van der Waals surface area contributed by atoms with Crippen molar-refractivity contribution < 1.29 is 4.57 Å². The van der Waals surface area contributed by atoms with E-state index in [0.717, 1.165) is 65.9 Å². The van der Waals surface area contributed by atoms with Crippen molar-refractivity contribution in [3.05, 3.63) is 200 Å². The minimum Gasteiger partial charge on any atom is -0.311 e. The van der Waals surface area contributed by atoms with Gasteiger partial charge in [0.05, 0.1) is 11.2 Å². The van der Waals surface area contributed by atoms with E-state index >= 15 is 4.57 Å². The predicted molar refractivity (Wildman–Crippen MR) is 216 cm³/mol. The van der Waals surface area contributed by atoms with Crippen LogP contribution in [0.5, 0.6) is 0 Å². The minimum atomic E-state index is -3.20. The Morgan fingerprint density at radius 1 is 0.412 bits per heavy atom. The molecule has 0 radical (unpaired) electrons. The molecule has 1 heterocycles. The Labute approximate surface area is 297 Å². The van der Waals surface area contributed by atoms with Crippen molar-refractivity contribution >= 4 is 72.6 Å². The number of rotatable bonds is 7. The van der Waals surface area contributed by atoms with E-state index in [1.807, 2.05) is 78.9 Å². The monoisotopic (exact) mass is 672 g/mol. The number of nitrogens with zero attached hydrogens (tertiary/aromatic N) is 2. The third-order valence-electron chi connectivity index (χ3n) is 9.70. The van der Waals surface area contributed by atoms with Gasteiger partial charge in [0.25, 0.3) is 0 Å². The molecule has 0 atom stereocenters. The number of aromatic nitrogens is 1. The van der Waals surface area contributed by atoms with Gasteiger partial charge >= 0.3 is 0 Å². The smallest absolute Gasteiger partial charge is 0.171 e. The first-order valence-corrected chi connectivity index (χ1v) is 18.9. The van der Waals surface area contributed by atoms with E-state index in [1.54, 1.807) is 0 Å². The Balaban J connectivity index is 1.26. The van der Waals surface area contributed by atoms with Crippen molar-refractivity contribution in [1.29, 1.82) is 0 Å². The molecular formula is C47H33N2OP. The summed E-state index contributed by atoms with van der Waals surface area (Å²) in [5, 5.41) is 7.98. The van der Waals surface area contributed by atoms with Crippen LogP contribution in [0.3, 0.4) is 0 Å². The Hall–Kier alpha value is -6.28. The van der Waals surface area contributed by atoms with Crippen LogP contribution in [-0.2, 0) is 4.57 Å². The quantitative estimate of drug-likeness (QED) is 0.125. The topological polar surface area (TPSA) is 33.2 Å². The van der Waals surface area contributed by atoms with E-state index in [0.29, 0.717) is 0 Å². The molecule has 0 amide bonds. The molecule has 0 spiro atoms. The number of benzene rings is 8. The summed E-state index contributed by atoms with van der Waals surface area (Å²) in [6.45, 7) is 0. The molecule has 1 aromatic heterocycles. The summed E-state index contributed by atoms with van der Waals surface area (Å²) >= 11 is 0. The zero-order valence-electron chi connectivity index (χ0n) is 27.8. The first-order chi connectivity index (χ1) is 25.2. The van der Waals surface area contributed by atoms with Crippen LogP contribution in [0.15, 0.2) is 200 Å². The van der Waals surface area contributed by atoms with E-state index in [1.165, 1.54) is 10.8 Å². The van der Waals surface area contributed by atoms with Gasteiger partial charge in [0.1, 0.15) is 0 Å². The molecule has 0 saturated carbocycles. The third-order valence-corrected chi connectivity index (χ3v) is 12.8. The van der Waals surface area contributed by atoms with Gasteiger partial charge in [-0.1, -0.05) is 158 Å². The highest BCUT2D eigenvalue weighted by Crippen LogP contribution is 2.44. The van der Waals surface area contributed by atoms with Gasteiger partial charge in [-0.2, -0.15) is 0 Å². The molecule has 4 heteroatoms. The van der Waals surface area contributed by atoms with Crippen LogP contribution in [-0.4, -0.2) is 4.98 Å². The number of fused-ring (bicyclic) bond motifs is 5. The summed E-state index contributed by atoms with van der Waals surface area (Å²) in [6, 6.07) is 68.3. The average molecular weight is 673 g/mol. The molecule has 0 aliphatic carbocycles. The van der Waals surface area contributed by atoms with Crippen LogP contribution in [0.25, 0.3) is 43.7 Å². The predicted octanol–water partition coefficient (Wildman–Crippen LogP) is 11.3. The van der Waals surface area contributed by atoms with Crippen molar-refractivity contribution in [3.8, 4) is 11.3 Å². The van der Waals surface area contributed by atoms with Crippen molar-refractivity contribution in [1.82, 2.24) is 4.98 Å². The summed E-state index contributed by atoms with van der Waals surface area (Å²) in [5.41, 5.74) is 5.96. The molecule has 0 bridgehead atoms. The fourth-order valence-corrected chi connectivity index (χ4v) is 9.94. The molecule has 0 fully saturated rings. The van der Waals surface area contributed by atoms with Crippen molar-refractivity contribution in [2.24, 2.45) is 0 Å². The molecule has 0 aliphatic rings. The van der Waals surface area contributed by atoms with Crippen LogP contribution >= 0.6 is 7.14 Å². The lowest BCUT2D eigenvalue weighted by Gasteiger charge is -2.25. The molecule has 0 N–H and O–H groups in total. The fourth-order valence-electron chi connectivity index (χ4n) is 7.27. The summed E-state index contributed by atoms with van der Waals surface area (Å²) < 4.78 is 15.4. The van der Waals surface area contributed by atoms with Crippen molar-refractivity contribution in [2.75, 3.05) is 4.90 Å². The van der Waals surface area contributed by atoms with Crippen molar-refractivity contribution in [2.45, 2.75) is 0 Å². The molecule has 0 saturated heterocycles. The van der Waals surface area contributed by atoms with Crippen molar-refractivity contribution in [3.63, 3.8) is 0 Å². The number of anilines is 3. The SMILES string of the molecule is O=P(c1ccccc1)(c1ccccc1)c1ccc2c(c1)nc(-c1ccc(N(c3ccccc3)c3ccccc3)cc1)c1ccc3ccccc3c12. The standard InChI is InChI=1S/C47H33N2OP/c50-51(39-20-9-3-10-21-39,40-22-11-4-12-23-40)41-30-32-43-45(33-41)48-47(44-31-27-34-15-13-14-24-42(34)46(43)44)35-25-28-38(29-26-35)49(36-16-5-1-6-17-36)37-18-7-2-8-19-37/h1-33H. The van der Waals surface area contributed by atoms with Crippen LogP contribution in [0.2, 0.25) is 0 Å². The third kappa shape index (κ3) is 5.40. The van der Waals surface area contributed by atoms with E-state index in [9.17, 15) is 0 Å². The second-order valence-electron chi connectivity index (χ2n) is 12.7. The second-order valence-corrected chi connectivity index (χ2v) is 15.5. The number of hydrogen-bond acceptors (Lipinski definition) is 3. The van der Waals surface area contributed by atoms with Gasteiger partial charge in [0.2, 0.25) is 0 Å². The number of hydrogen-bond donors (Lipinski definition) is 0. The van der Waals surface area contributed by atoms with Gasteiger partial charge in [-0.15, -0.1) is 0 Å². The molecule has 8 aromatic carbocycles. The average Bonchev–Trinajstić information content (AvgIpc) is 3.21. The maximum absolute atomic E-state index is 15.4. The Bertz CT molecular complexity index is 2610. The maximum Gasteiger partial charge on any atom is 0.171 e. The van der Waals surface area contributed by atoms with Gasteiger partial charge in [-0.25, -0.2) is 4.98 Å². The van der Waals surface area contributed by atoms with Crippen LogP contribution < -0.4 is 20.8 Å². The van der Waals surface area contributed by atoms with Gasteiger partial charge in [-0.05, 0) is 53.2 Å². The molecule has 51 heavy (non-hydrogen) atoms. The number of para-hydroxylation sites is 2. The first kappa shape index (κ1) is 30.8. The summed E-state index contributed by atoms with van der Waals surface area (Å²) in [4.78, 5) is 7.66. The largest absolute Gasteiger partial charge is 0.311 e. The summed E-state index contributed by atoms with van der Waals surface area (Å²) in [6.07, 6.45) is 0. The second kappa shape index (κ2) is 12.9. The Morgan fingerprint density at radius 3 is 1.53 bits per heavy atom. The molecule has 9 aromatic rings. The zero-order valence-corrected chi connectivity index (χ0v) is 28.7. The molecule has 0 aliphatic heterocycles. The lowest BCUT2D eigenvalue weighted by Crippen LogP contribution is -2.25. The van der Waals surface area contributed by atoms with E-state index in [2.05, 4.69) is 126 Å². The first-order valence-electron chi connectivity index (χ1n) is 17.2. The Morgan fingerprint density at radius 2 is 0.922 bits per heavy atom. The van der Waals surface area contributed by atoms with E-state index in [-0.39, 0.29) is 0 Å². The van der Waals surface area contributed by atoms with Crippen LogP contribution in [0.4, 0.5) is 17.1 Å². The highest BCUT2D eigenvalue weighted by molar-refractivity contribution is 7.85. The van der Waals surface area contributed by atoms with Gasteiger partial charge in [0, 0.05) is 54.7 Å². The lowest BCUT2D eigenvalue weighted by atomic mass is 9.95. The van der Waals surface area contributed by atoms with Gasteiger partial charge < -0.3 is 9.46 Å². The normalized spacial score (nSPS) is 11.6. The minimum absolute atomic E-state index is 0.766. The van der Waals surface area contributed by atoms with Gasteiger partial charge in [0.15, 0.2) is 7.14 Å². The van der Waals surface area contributed by atoms with Gasteiger partial charge in [-0.3, -0.25) is 0 Å².